The van der Waals surface area contributed by atoms with E-state index in [1.165, 1.54) is 23.3 Å². The molecule has 2 heterocycles. The Kier molecular flexibility index (Phi) is 6.86. The number of esters is 1. The highest BCUT2D eigenvalue weighted by atomic mass is 32.1. The molecular weight excluding hydrogens is 492 g/mol. The number of para-hydroxylation sites is 1. The van der Waals surface area contributed by atoms with Gasteiger partial charge in [-0.2, -0.15) is 0 Å². The van der Waals surface area contributed by atoms with Gasteiger partial charge in [-0.15, -0.1) is 11.3 Å². The first-order valence-electron chi connectivity index (χ1n) is 13.1. The summed E-state index contributed by atoms with van der Waals surface area (Å²) in [6, 6.07) is 15.9. The van der Waals surface area contributed by atoms with E-state index in [0.29, 0.717) is 22.0 Å². The lowest BCUT2D eigenvalue weighted by molar-refractivity contribution is 0.0600. The number of aryl methyl sites for hydroxylation is 1. The average molecular weight is 527 g/mol. The van der Waals surface area contributed by atoms with E-state index in [0.717, 1.165) is 58.1 Å². The first-order valence-corrected chi connectivity index (χ1v) is 13.9. The Morgan fingerprint density at radius 3 is 2.42 bits per heavy atom. The standard InChI is InChI=1S/C32H34N2O3S/c1-18-11-13-20(14-12-18)28-19(2)26(22-9-7-8-10-24(22)33-28)29(35)34-30-27(31(36)37-6)23-16-15-21(32(3,4)5)17-25(23)38-30/h7-14,21H,15-17H2,1-6H3,(H,34,35). The molecule has 4 aromatic rings. The minimum absolute atomic E-state index is 0.177. The fourth-order valence-electron chi connectivity index (χ4n) is 5.49. The van der Waals surface area contributed by atoms with E-state index >= 15 is 0 Å². The highest BCUT2D eigenvalue weighted by Gasteiger charge is 2.34. The van der Waals surface area contributed by atoms with Crippen molar-refractivity contribution in [3.05, 3.63) is 81.2 Å². The number of carbonyl (C=O) groups excluding carboxylic acids is 2. The number of amides is 1. The molecule has 0 fully saturated rings. The van der Waals surface area contributed by atoms with Gasteiger partial charge in [0.25, 0.3) is 5.91 Å². The summed E-state index contributed by atoms with van der Waals surface area (Å²) < 4.78 is 5.17. The Hall–Kier alpha value is -3.51. The van der Waals surface area contributed by atoms with Crippen LogP contribution in [-0.4, -0.2) is 24.0 Å². The van der Waals surface area contributed by atoms with Crippen LogP contribution in [0, 0.1) is 25.2 Å². The number of nitrogens with zero attached hydrogens (tertiary/aromatic N) is 1. The van der Waals surface area contributed by atoms with E-state index in [4.69, 9.17) is 9.72 Å². The molecule has 6 heteroatoms. The van der Waals surface area contributed by atoms with Crippen LogP contribution in [0.25, 0.3) is 22.2 Å². The zero-order valence-corrected chi connectivity index (χ0v) is 23.7. The number of benzene rings is 2. The Morgan fingerprint density at radius 1 is 1.03 bits per heavy atom. The summed E-state index contributed by atoms with van der Waals surface area (Å²) in [6.07, 6.45) is 2.72. The monoisotopic (exact) mass is 526 g/mol. The van der Waals surface area contributed by atoms with Gasteiger partial charge >= 0.3 is 5.97 Å². The Labute approximate surface area is 228 Å². The molecule has 0 saturated carbocycles. The number of fused-ring (bicyclic) bond motifs is 2. The first kappa shape index (κ1) is 26.1. The molecule has 0 spiro atoms. The molecule has 1 N–H and O–H groups in total. The molecule has 0 saturated heterocycles. The maximum absolute atomic E-state index is 14.0. The number of anilines is 1. The van der Waals surface area contributed by atoms with Gasteiger partial charge in [0.05, 0.1) is 29.4 Å². The Balaban J connectivity index is 1.60. The van der Waals surface area contributed by atoms with E-state index in [2.05, 4.69) is 38.2 Å². The Morgan fingerprint density at radius 2 is 1.74 bits per heavy atom. The first-order chi connectivity index (χ1) is 18.1. The van der Waals surface area contributed by atoms with Crippen molar-refractivity contribution in [3.8, 4) is 11.3 Å². The summed E-state index contributed by atoms with van der Waals surface area (Å²) in [5.74, 6) is -0.125. The molecule has 1 atom stereocenters. The maximum atomic E-state index is 14.0. The molecule has 0 aliphatic heterocycles. The van der Waals surface area contributed by atoms with Crippen molar-refractivity contribution < 1.29 is 14.3 Å². The normalized spacial score (nSPS) is 15.3. The van der Waals surface area contributed by atoms with E-state index in [1.807, 2.05) is 50.2 Å². The zero-order valence-electron chi connectivity index (χ0n) is 22.9. The van der Waals surface area contributed by atoms with Crippen LogP contribution >= 0.6 is 11.3 Å². The van der Waals surface area contributed by atoms with E-state index in [9.17, 15) is 9.59 Å². The highest BCUT2D eigenvalue weighted by molar-refractivity contribution is 7.17. The summed E-state index contributed by atoms with van der Waals surface area (Å²) in [5.41, 5.74) is 6.73. The minimum atomic E-state index is -0.399. The van der Waals surface area contributed by atoms with E-state index in [-0.39, 0.29) is 11.3 Å². The van der Waals surface area contributed by atoms with Crippen LogP contribution in [0.2, 0.25) is 0 Å². The lowest BCUT2D eigenvalue weighted by Crippen LogP contribution is -2.26. The van der Waals surface area contributed by atoms with Crippen molar-refractivity contribution in [1.82, 2.24) is 4.98 Å². The molecule has 196 valence electrons. The fraction of sp³-hybridized carbons (Fsp3) is 0.344. The van der Waals surface area contributed by atoms with Crippen LogP contribution in [0.15, 0.2) is 48.5 Å². The van der Waals surface area contributed by atoms with Gasteiger partial charge in [-0.1, -0.05) is 68.8 Å². The number of aromatic nitrogens is 1. The molecule has 2 aromatic heterocycles. The zero-order chi connectivity index (χ0) is 27.2. The van der Waals surface area contributed by atoms with Crippen LogP contribution in [-0.2, 0) is 17.6 Å². The van der Waals surface area contributed by atoms with Crippen LogP contribution < -0.4 is 5.32 Å². The number of pyridine rings is 1. The van der Waals surface area contributed by atoms with Crippen molar-refractivity contribution in [2.24, 2.45) is 11.3 Å². The van der Waals surface area contributed by atoms with E-state index < -0.39 is 5.97 Å². The number of thiophene rings is 1. The van der Waals surface area contributed by atoms with Crippen molar-refractivity contribution in [2.75, 3.05) is 12.4 Å². The smallest absolute Gasteiger partial charge is 0.341 e. The third-order valence-electron chi connectivity index (χ3n) is 7.79. The molecule has 0 bridgehead atoms. The second-order valence-corrected chi connectivity index (χ2v) is 12.4. The molecule has 5 nitrogen and oxygen atoms in total. The van der Waals surface area contributed by atoms with Gasteiger partial charge in [0.1, 0.15) is 5.00 Å². The van der Waals surface area contributed by atoms with Gasteiger partial charge in [-0.05, 0) is 61.6 Å². The van der Waals surface area contributed by atoms with Gasteiger partial charge in [0.15, 0.2) is 0 Å². The summed E-state index contributed by atoms with van der Waals surface area (Å²) in [6.45, 7) is 10.8. The van der Waals surface area contributed by atoms with Crippen LogP contribution in [0.4, 0.5) is 5.00 Å². The number of carbonyl (C=O) groups is 2. The van der Waals surface area contributed by atoms with Crippen LogP contribution in [0.5, 0.6) is 0 Å². The maximum Gasteiger partial charge on any atom is 0.341 e. The van der Waals surface area contributed by atoms with Crippen LogP contribution in [0.1, 0.15) is 69.5 Å². The topological polar surface area (TPSA) is 68.3 Å². The molecule has 1 unspecified atom stereocenters. The second kappa shape index (κ2) is 9.99. The van der Waals surface area contributed by atoms with Crippen molar-refractivity contribution >= 4 is 39.1 Å². The highest BCUT2D eigenvalue weighted by Crippen LogP contribution is 2.45. The number of rotatable bonds is 4. The van der Waals surface area contributed by atoms with Crippen molar-refractivity contribution in [2.45, 2.75) is 53.9 Å². The molecule has 1 aliphatic rings. The lowest BCUT2D eigenvalue weighted by Gasteiger charge is -2.33. The van der Waals surface area contributed by atoms with Crippen molar-refractivity contribution in [1.29, 1.82) is 0 Å². The number of ether oxygens (including phenoxy) is 1. The molecule has 5 rings (SSSR count). The Bertz CT molecular complexity index is 1540. The molecule has 38 heavy (non-hydrogen) atoms. The van der Waals surface area contributed by atoms with Gasteiger partial charge < -0.3 is 10.1 Å². The quantitative estimate of drug-likeness (QED) is 0.276. The van der Waals surface area contributed by atoms with Gasteiger partial charge in [0.2, 0.25) is 0 Å². The summed E-state index contributed by atoms with van der Waals surface area (Å²) in [4.78, 5) is 33.0. The summed E-state index contributed by atoms with van der Waals surface area (Å²) in [7, 11) is 1.40. The molecule has 1 aliphatic carbocycles. The minimum Gasteiger partial charge on any atom is -0.465 e. The summed E-state index contributed by atoms with van der Waals surface area (Å²) in [5, 5.41) is 4.48. The largest absolute Gasteiger partial charge is 0.465 e. The van der Waals surface area contributed by atoms with Gasteiger partial charge in [-0.25, -0.2) is 9.78 Å². The van der Waals surface area contributed by atoms with Crippen molar-refractivity contribution in [3.63, 3.8) is 0 Å². The predicted molar refractivity (Wildman–Crippen MR) is 155 cm³/mol. The second-order valence-electron chi connectivity index (χ2n) is 11.3. The fourth-order valence-corrected chi connectivity index (χ4v) is 6.80. The lowest BCUT2D eigenvalue weighted by atomic mass is 9.72. The average Bonchev–Trinajstić information content (AvgIpc) is 3.24. The number of hydrogen-bond donors (Lipinski definition) is 1. The molecule has 0 radical (unpaired) electrons. The van der Waals surface area contributed by atoms with Gasteiger partial charge in [0, 0.05) is 15.8 Å². The molecule has 2 aromatic carbocycles. The van der Waals surface area contributed by atoms with E-state index in [1.54, 1.807) is 0 Å². The summed E-state index contributed by atoms with van der Waals surface area (Å²) >= 11 is 1.51. The molecular formula is C32H34N2O3S. The number of methoxy groups -OCH3 is 1. The SMILES string of the molecule is COC(=O)c1c(NC(=O)c2c(C)c(-c3ccc(C)cc3)nc3ccccc23)sc2c1CCC(C(C)(C)C)C2. The third kappa shape index (κ3) is 4.73. The van der Waals surface area contributed by atoms with Gasteiger partial charge in [-0.3, -0.25) is 4.79 Å². The predicted octanol–water partition coefficient (Wildman–Crippen LogP) is 7.77. The number of nitrogens with one attached hydrogen (secondary N) is 1. The number of hydrogen-bond acceptors (Lipinski definition) is 5. The van der Waals surface area contributed by atoms with Crippen LogP contribution in [0.3, 0.4) is 0 Å². The third-order valence-corrected chi connectivity index (χ3v) is 8.96. The molecule has 1 amide bonds.